The van der Waals surface area contributed by atoms with E-state index in [1.54, 1.807) is 0 Å². The number of hydrogen-bond acceptors (Lipinski definition) is 5. The van der Waals surface area contributed by atoms with Crippen LogP contribution in [0.4, 0.5) is 11.4 Å². The van der Waals surface area contributed by atoms with Crippen LogP contribution >= 0.6 is 0 Å². The Morgan fingerprint density at radius 3 is 1.38 bits per heavy atom. The SMILES string of the molecule is CC.CC(C)(C)C(C)(C)OCCCCOC=O.CCC(C)(C)C.CNc1ccc(Cc2ccc(NC)cc2)cc1. The molecule has 0 aliphatic rings. The van der Waals surface area contributed by atoms with Crippen molar-refractivity contribution in [3.63, 3.8) is 0 Å². The minimum absolute atomic E-state index is 0.126. The van der Waals surface area contributed by atoms with E-state index in [4.69, 9.17) is 4.74 Å². The van der Waals surface area contributed by atoms with E-state index in [1.165, 1.54) is 17.5 Å². The molecule has 0 atom stereocenters. The van der Waals surface area contributed by atoms with E-state index in [2.05, 4.69) is 126 Å². The van der Waals surface area contributed by atoms with Crippen LogP contribution in [0.2, 0.25) is 0 Å². The van der Waals surface area contributed by atoms with Crippen LogP contribution in [0.25, 0.3) is 0 Å². The van der Waals surface area contributed by atoms with Crippen LogP contribution in [0.5, 0.6) is 0 Å². The number of hydrogen-bond donors (Lipinski definition) is 2. The summed E-state index contributed by atoms with van der Waals surface area (Å²) >= 11 is 0. The lowest BCUT2D eigenvalue weighted by Gasteiger charge is -2.38. The number of carbonyl (C=O) groups is 1. The summed E-state index contributed by atoms with van der Waals surface area (Å²) in [7, 11) is 3.87. The first-order valence-electron chi connectivity index (χ1n) is 14.9. The van der Waals surface area contributed by atoms with Crippen LogP contribution in [0.15, 0.2) is 48.5 Å². The molecule has 40 heavy (non-hydrogen) atoms. The predicted octanol–water partition coefficient (Wildman–Crippen LogP) is 9.61. The zero-order valence-electron chi connectivity index (χ0n) is 28.2. The topological polar surface area (TPSA) is 59.6 Å². The van der Waals surface area contributed by atoms with Crippen molar-refractivity contribution < 1.29 is 14.3 Å². The zero-order chi connectivity index (χ0) is 31.2. The monoisotopic (exact) mass is 558 g/mol. The molecule has 0 aliphatic carbocycles. The maximum atomic E-state index is 9.87. The molecule has 5 nitrogen and oxygen atoms in total. The maximum Gasteiger partial charge on any atom is 0.293 e. The third-order valence-corrected chi connectivity index (χ3v) is 6.95. The van der Waals surface area contributed by atoms with Crippen LogP contribution in [0, 0.1) is 10.8 Å². The molecule has 0 bridgehead atoms. The highest BCUT2D eigenvalue weighted by molar-refractivity contribution is 5.47. The lowest BCUT2D eigenvalue weighted by atomic mass is 9.79. The molecule has 2 rings (SSSR count). The van der Waals surface area contributed by atoms with E-state index in [0.717, 1.165) is 30.6 Å². The number of ether oxygens (including phenoxy) is 2. The van der Waals surface area contributed by atoms with Crippen LogP contribution < -0.4 is 10.6 Å². The van der Waals surface area contributed by atoms with Crippen molar-refractivity contribution in [2.45, 2.75) is 107 Å². The Hall–Kier alpha value is -2.53. The number of carbonyl (C=O) groups excluding carboxylic acids is 1. The van der Waals surface area contributed by atoms with Gasteiger partial charge >= 0.3 is 0 Å². The molecule has 230 valence electrons. The van der Waals surface area contributed by atoms with Gasteiger partial charge in [-0.2, -0.15) is 0 Å². The standard InChI is InChI=1S/C15H18N2.C12H24O3.C6H14.C2H6/c1-16-14-7-3-12(4-8-14)11-13-5-9-15(17-2)10-6-13;1-11(2,3)12(4,5)15-9-7-6-8-14-10-13;1-5-6(2,3)4;1-2/h3-10,16-17H,11H2,1-2H3;10H,6-9H2,1-5H3;5H2,1-4H3;1-2H3. The smallest absolute Gasteiger partial charge is 0.293 e. The van der Waals surface area contributed by atoms with Gasteiger partial charge in [-0.1, -0.05) is 93.0 Å². The van der Waals surface area contributed by atoms with Gasteiger partial charge < -0.3 is 20.1 Å². The zero-order valence-corrected chi connectivity index (χ0v) is 28.2. The molecule has 0 heterocycles. The Morgan fingerprint density at radius 1 is 0.700 bits per heavy atom. The van der Waals surface area contributed by atoms with Gasteiger partial charge in [-0.05, 0) is 79.3 Å². The third kappa shape index (κ3) is 19.5. The second-order valence-corrected chi connectivity index (χ2v) is 12.3. The van der Waals surface area contributed by atoms with E-state index in [1.807, 2.05) is 27.9 Å². The number of benzene rings is 2. The third-order valence-electron chi connectivity index (χ3n) is 6.95. The number of anilines is 2. The first kappa shape index (κ1) is 39.6. The van der Waals surface area contributed by atoms with Crippen molar-refractivity contribution in [2.75, 3.05) is 37.9 Å². The maximum absolute atomic E-state index is 9.87. The summed E-state index contributed by atoms with van der Waals surface area (Å²) in [6, 6.07) is 17.1. The lowest BCUT2D eigenvalue weighted by Crippen LogP contribution is -2.39. The average molecular weight is 559 g/mol. The molecule has 0 fully saturated rings. The van der Waals surface area contributed by atoms with Gasteiger partial charge in [0.2, 0.25) is 0 Å². The van der Waals surface area contributed by atoms with Crippen LogP contribution in [0.1, 0.15) is 107 Å². The van der Waals surface area contributed by atoms with Gasteiger partial charge in [0.05, 0.1) is 12.2 Å². The fraction of sp³-hybridized carbons (Fsp3) is 0.629. The van der Waals surface area contributed by atoms with Gasteiger partial charge in [0.25, 0.3) is 6.47 Å². The first-order chi connectivity index (χ1) is 18.7. The molecule has 0 unspecified atom stereocenters. The molecule has 0 spiro atoms. The Morgan fingerprint density at radius 2 is 1.07 bits per heavy atom. The second-order valence-electron chi connectivity index (χ2n) is 12.3. The van der Waals surface area contributed by atoms with Gasteiger partial charge in [-0.3, -0.25) is 4.79 Å². The first-order valence-corrected chi connectivity index (χ1v) is 14.9. The predicted molar refractivity (Wildman–Crippen MR) is 177 cm³/mol. The largest absolute Gasteiger partial charge is 0.468 e. The lowest BCUT2D eigenvalue weighted by molar-refractivity contribution is -0.129. The fourth-order valence-electron chi connectivity index (χ4n) is 2.69. The number of rotatable bonds is 11. The molecule has 0 saturated carbocycles. The summed E-state index contributed by atoms with van der Waals surface area (Å²) < 4.78 is 10.4. The summed E-state index contributed by atoms with van der Waals surface area (Å²) in [5.74, 6) is 0. The molecule has 2 aromatic carbocycles. The molecule has 0 radical (unpaired) electrons. The molecular formula is C35H62N2O3. The molecule has 0 aromatic heterocycles. The van der Waals surface area contributed by atoms with E-state index in [9.17, 15) is 4.79 Å². The summed E-state index contributed by atoms with van der Waals surface area (Å²) in [5.41, 5.74) is 5.52. The average Bonchev–Trinajstić information content (AvgIpc) is 2.92. The van der Waals surface area contributed by atoms with Gasteiger partial charge in [-0.25, -0.2) is 0 Å². The highest BCUT2D eigenvalue weighted by Crippen LogP contribution is 2.32. The molecule has 0 aliphatic heterocycles. The Labute approximate surface area is 247 Å². The quantitative estimate of drug-likeness (QED) is 0.212. The molecule has 0 saturated heterocycles. The molecule has 5 heteroatoms. The summed E-state index contributed by atoms with van der Waals surface area (Å²) in [4.78, 5) is 9.87. The Kier molecular flexibility index (Phi) is 21.0. The summed E-state index contributed by atoms with van der Waals surface area (Å²) in [6.45, 7) is 25.3. The van der Waals surface area contributed by atoms with E-state index in [-0.39, 0.29) is 11.0 Å². The summed E-state index contributed by atoms with van der Waals surface area (Å²) in [5, 5.41) is 6.25. The molecule has 2 aromatic rings. The van der Waals surface area contributed by atoms with Gasteiger partial charge in [0.15, 0.2) is 0 Å². The number of nitrogens with one attached hydrogen (secondary N) is 2. The molecule has 2 N–H and O–H groups in total. The van der Waals surface area contributed by atoms with Crippen molar-refractivity contribution in [1.82, 2.24) is 0 Å². The Balaban J connectivity index is 0. The second kappa shape index (κ2) is 21.2. The van der Waals surface area contributed by atoms with E-state index in [0.29, 0.717) is 25.1 Å². The van der Waals surface area contributed by atoms with Crippen LogP contribution in [0.3, 0.4) is 0 Å². The highest BCUT2D eigenvalue weighted by Gasteiger charge is 2.33. The normalized spacial score (nSPS) is 10.9. The Bertz CT molecular complexity index is 816. The summed E-state index contributed by atoms with van der Waals surface area (Å²) in [6.07, 6.45) is 4.04. The van der Waals surface area contributed by atoms with Gasteiger partial charge in [-0.15, -0.1) is 0 Å². The van der Waals surface area contributed by atoms with Crippen LogP contribution in [-0.2, 0) is 20.7 Å². The van der Waals surface area contributed by atoms with E-state index >= 15 is 0 Å². The van der Waals surface area contributed by atoms with E-state index < -0.39 is 0 Å². The van der Waals surface area contributed by atoms with Gasteiger partial charge in [0, 0.05) is 32.1 Å². The fourth-order valence-corrected chi connectivity index (χ4v) is 2.69. The van der Waals surface area contributed by atoms with Gasteiger partial charge in [0.1, 0.15) is 0 Å². The number of unbranched alkanes of at least 4 members (excludes halogenated alkanes) is 1. The van der Waals surface area contributed by atoms with Crippen molar-refractivity contribution in [1.29, 1.82) is 0 Å². The minimum Gasteiger partial charge on any atom is -0.468 e. The van der Waals surface area contributed by atoms with Crippen molar-refractivity contribution >= 4 is 17.8 Å². The highest BCUT2D eigenvalue weighted by atomic mass is 16.5. The van der Waals surface area contributed by atoms with Crippen LogP contribution in [-0.4, -0.2) is 39.4 Å². The molecule has 0 amide bonds. The molecular weight excluding hydrogens is 496 g/mol. The van der Waals surface area contributed by atoms with Crippen molar-refractivity contribution in [3.8, 4) is 0 Å². The van der Waals surface area contributed by atoms with Crippen molar-refractivity contribution in [2.24, 2.45) is 10.8 Å². The van der Waals surface area contributed by atoms with Crippen molar-refractivity contribution in [3.05, 3.63) is 59.7 Å². The minimum atomic E-state index is -0.126.